The van der Waals surface area contributed by atoms with E-state index < -0.39 is 0 Å². The van der Waals surface area contributed by atoms with Gasteiger partial charge in [-0.3, -0.25) is 4.90 Å². The Bertz CT molecular complexity index is 1130. The summed E-state index contributed by atoms with van der Waals surface area (Å²) in [5, 5.41) is 8.33. The standard InChI is InChI=1S/C25H30N6O/c1-18-16-27-25(28-20-8-6-19(7-9-20)17-31-12-14-32-15-13-31)30(2)24(18)29-23-5-3-4-22-21(23)10-11-26-22/h3-11,16,25-26,28-29H,12-15,17H2,1-2H3. The van der Waals surface area contributed by atoms with Gasteiger partial charge in [0, 0.05) is 66.9 Å². The number of anilines is 2. The van der Waals surface area contributed by atoms with Crippen LogP contribution in [0.3, 0.4) is 0 Å². The van der Waals surface area contributed by atoms with Crippen LogP contribution in [0.25, 0.3) is 10.9 Å². The Morgan fingerprint density at radius 2 is 1.91 bits per heavy atom. The van der Waals surface area contributed by atoms with Gasteiger partial charge in [-0.2, -0.15) is 0 Å². The quantitative estimate of drug-likeness (QED) is 0.550. The second-order valence-electron chi connectivity index (χ2n) is 8.39. The number of morpholine rings is 1. The molecule has 0 radical (unpaired) electrons. The van der Waals surface area contributed by atoms with Gasteiger partial charge in [-0.1, -0.05) is 18.2 Å². The minimum atomic E-state index is -0.184. The van der Waals surface area contributed by atoms with Crippen LogP contribution >= 0.6 is 0 Å². The second kappa shape index (κ2) is 9.06. The van der Waals surface area contributed by atoms with E-state index in [-0.39, 0.29) is 6.29 Å². The van der Waals surface area contributed by atoms with Crippen molar-refractivity contribution in [3.63, 3.8) is 0 Å². The average molecular weight is 431 g/mol. The van der Waals surface area contributed by atoms with Gasteiger partial charge in [-0.25, -0.2) is 4.99 Å². The van der Waals surface area contributed by atoms with Crippen LogP contribution in [0.2, 0.25) is 0 Å². The summed E-state index contributed by atoms with van der Waals surface area (Å²) >= 11 is 0. The number of hydrogen-bond donors (Lipinski definition) is 3. The van der Waals surface area contributed by atoms with Crippen molar-refractivity contribution in [1.29, 1.82) is 0 Å². The molecule has 1 atom stereocenters. The lowest BCUT2D eigenvalue weighted by molar-refractivity contribution is 0.0342. The number of nitrogens with zero attached hydrogens (tertiary/aromatic N) is 3. The fourth-order valence-electron chi connectivity index (χ4n) is 4.26. The third-order valence-electron chi connectivity index (χ3n) is 6.11. The van der Waals surface area contributed by atoms with Crippen molar-refractivity contribution in [3.05, 3.63) is 71.7 Å². The Balaban J connectivity index is 1.26. The normalized spacial score (nSPS) is 19.6. The van der Waals surface area contributed by atoms with Crippen LogP contribution in [0.4, 0.5) is 11.4 Å². The number of fused-ring (bicyclic) bond motifs is 1. The van der Waals surface area contributed by atoms with Gasteiger partial charge in [-0.05, 0) is 42.8 Å². The first-order chi connectivity index (χ1) is 15.7. The van der Waals surface area contributed by atoms with E-state index in [4.69, 9.17) is 9.73 Å². The van der Waals surface area contributed by atoms with E-state index in [1.807, 2.05) is 12.4 Å². The fourth-order valence-corrected chi connectivity index (χ4v) is 4.26. The highest BCUT2D eigenvalue weighted by atomic mass is 16.5. The van der Waals surface area contributed by atoms with Crippen molar-refractivity contribution in [3.8, 4) is 0 Å². The molecule has 2 aliphatic heterocycles. The highest BCUT2D eigenvalue weighted by Crippen LogP contribution is 2.27. The Morgan fingerprint density at radius 1 is 1.09 bits per heavy atom. The van der Waals surface area contributed by atoms with Crippen molar-refractivity contribution < 1.29 is 4.74 Å². The summed E-state index contributed by atoms with van der Waals surface area (Å²) in [5.41, 5.74) is 5.66. The summed E-state index contributed by atoms with van der Waals surface area (Å²) in [5.74, 6) is 1.04. The molecular formula is C25H30N6O. The molecule has 0 saturated carbocycles. The molecule has 5 rings (SSSR count). The van der Waals surface area contributed by atoms with Gasteiger partial charge in [-0.15, -0.1) is 0 Å². The highest BCUT2D eigenvalue weighted by Gasteiger charge is 2.22. The molecule has 0 bridgehead atoms. The lowest BCUT2D eigenvalue weighted by Gasteiger charge is -2.34. The molecular weight excluding hydrogens is 400 g/mol. The molecule has 1 saturated heterocycles. The molecule has 2 aliphatic rings. The molecule has 3 aromatic rings. The molecule has 166 valence electrons. The van der Waals surface area contributed by atoms with Crippen LogP contribution in [0.5, 0.6) is 0 Å². The van der Waals surface area contributed by atoms with Crippen molar-refractivity contribution in [2.45, 2.75) is 19.8 Å². The zero-order valence-electron chi connectivity index (χ0n) is 18.6. The minimum Gasteiger partial charge on any atom is -0.379 e. The molecule has 0 aliphatic carbocycles. The highest BCUT2D eigenvalue weighted by molar-refractivity contribution is 5.93. The molecule has 7 nitrogen and oxygen atoms in total. The Morgan fingerprint density at radius 3 is 2.72 bits per heavy atom. The fraction of sp³-hybridized carbons (Fsp3) is 0.320. The van der Waals surface area contributed by atoms with Gasteiger partial charge in [0.15, 0.2) is 6.29 Å². The monoisotopic (exact) mass is 430 g/mol. The molecule has 32 heavy (non-hydrogen) atoms. The second-order valence-corrected chi connectivity index (χ2v) is 8.39. The summed E-state index contributed by atoms with van der Waals surface area (Å²) in [6.07, 6.45) is 3.72. The summed E-state index contributed by atoms with van der Waals surface area (Å²) in [4.78, 5) is 12.6. The third-order valence-corrected chi connectivity index (χ3v) is 6.11. The van der Waals surface area contributed by atoms with Crippen molar-refractivity contribution in [2.24, 2.45) is 4.99 Å². The molecule has 7 heteroatoms. The number of aromatic nitrogens is 1. The van der Waals surface area contributed by atoms with Crippen LogP contribution < -0.4 is 10.6 Å². The van der Waals surface area contributed by atoms with Gasteiger partial charge in [0.05, 0.1) is 13.2 Å². The van der Waals surface area contributed by atoms with Gasteiger partial charge < -0.3 is 25.3 Å². The lowest BCUT2D eigenvalue weighted by Crippen LogP contribution is -2.41. The van der Waals surface area contributed by atoms with Crippen molar-refractivity contribution >= 4 is 28.5 Å². The van der Waals surface area contributed by atoms with Crippen LogP contribution in [0, 0.1) is 0 Å². The molecule has 1 unspecified atom stereocenters. The summed E-state index contributed by atoms with van der Waals surface area (Å²) < 4.78 is 5.44. The summed E-state index contributed by atoms with van der Waals surface area (Å²) in [7, 11) is 2.06. The number of hydrogen-bond acceptors (Lipinski definition) is 6. The predicted octanol–water partition coefficient (Wildman–Crippen LogP) is 4.06. The Hall–Kier alpha value is -3.29. The lowest BCUT2D eigenvalue weighted by atomic mass is 10.2. The van der Waals surface area contributed by atoms with Gasteiger partial charge in [0.2, 0.25) is 0 Å². The van der Waals surface area contributed by atoms with Crippen LogP contribution in [0.15, 0.2) is 71.1 Å². The maximum atomic E-state index is 5.44. The first-order valence-electron chi connectivity index (χ1n) is 11.1. The first kappa shape index (κ1) is 20.6. The number of benzene rings is 2. The Labute approximate surface area is 188 Å². The maximum Gasteiger partial charge on any atom is 0.197 e. The summed E-state index contributed by atoms with van der Waals surface area (Å²) in [6.45, 7) is 6.70. The van der Waals surface area contributed by atoms with Crippen LogP contribution in [-0.4, -0.2) is 60.6 Å². The first-order valence-corrected chi connectivity index (χ1v) is 11.1. The zero-order valence-corrected chi connectivity index (χ0v) is 18.6. The minimum absolute atomic E-state index is 0.184. The number of nitrogens with one attached hydrogen (secondary N) is 3. The van der Waals surface area contributed by atoms with Crippen molar-refractivity contribution in [1.82, 2.24) is 14.8 Å². The van der Waals surface area contributed by atoms with E-state index in [1.54, 1.807) is 0 Å². The van der Waals surface area contributed by atoms with E-state index >= 15 is 0 Å². The SMILES string of the molecule is CC1=C(Nc2cccc3[nH]ccc23)N(C)C(Nc2ccc(CN3CCOCC3)cc2)N=C1. The van der Waals surface area contributed by atoms with E-state index in [1.165, 1.54) is 10.9 Å². The van der Waals surface area contributed by atoms with E-state index in [9.17, 15) is 0 Å². The molecule has 1 aromatic heterocycles. The largest absolute Gasteiger partial charge is 0.379 e. The van der Waals surface area contributed by atoms with E-state index in [0.29, 0.717) is 0 Å². The third kappa shape index (κ3) is 4.35. The van der Waals surface area contributed by atoms with Gasteiger partial charge in [0.1, 0.15) is 5.82 Å². The molecule has 3 heterocycles. The van der Waals surface area contributed by atoms with Crippen LogP contribution in [-0.2, 0) is 11.3 Å². The smallest absolute Gasteiger partial charge is 0.197 e. The number of aromatic amines is 1. The number of aliphatic imine (C=N–C) groups is 1. The molecule has 1 fully saturated rings. The topological polar surface area (TPSA) is 67.9 Å². The van der Waals surface area contributed by atoms with Crippen molar-refractivity contribution in [2.75, 3.05) is 44.0 Å². The molecule has 0 spiro atoms. The molecule has 2 aromatic carbocycles. The Kier molecular flexibility index (Phi) is 5.83. The number of ether oxygens (including phenoxy) is 1. The maximum absolute atomic E-state index is 5.44. The predicted molar refractivity (Wildman–Crippen MR) is 131 cm³/mol. The average Bonchev–Trinajstić information content (AvgIpc) is 3.30. The molecule has 0 amide bonds. The van der Waals surface area contributed by atoms with Gasteiger partial charge in [0.25, 0.3) is 0 Å². The summed E-state index contributed by atoms with van der Waals surface area (Å²) in [6, 6.07) is 17.0. The number of rotatable bonds is 6. The van der Waals surface area contributed by atoms with Gasteiger partial charge >= 0.3 is 0 Å². The van der Waals surface area contributed by atoms with E-state index in [2.05, 4.69) is 87.9 Å². The van der Waals surface area contributed by atoms with E-state index in [0.717, 1.165) is 61.1 Å². The molecule has 3 N–H and O–H groups in total. The van der Waals surface area contributed by atoms with Crippen LogP contribution in [0.1, 0.15) is 12.5 Å². The zero-order chi connectivity index (χ0) is 21.9. The number of H-pyrrole nitrogens is 1. The number of allylic oxidation sites excluding steroid dienone is 1.